The van der Waals surface area contributed by atoms with E-state index in [-0.39, 0.29) is 0 Å². The minimum atomic E-state index is 0.384. The summed E-state index contributed by atoms with van der Waals surface area (Å²) in [6.45, 7) is 0. The van der Waals surface area contributed by atoms with E-state index in [1.807, 2.05) is 0 Å². The number of ether oxygens (including phenoxy) is 1. The summed E-state index contributed by atoms with van der Waals surface area (Å²) in [5, 5.41) is 7.53. The summed E-state index contributed by atoms with van der Waals surface area (Å²) in [6.07, 6.45) is 6.90. The first-order valence-electron chi connectivity index (χ1n) is 4.12. The van der Waals surface area contributed by atoms with E-state index in [0.717, 1.165) is 12.3 Å². The smallest absolute Gasteiger partial charge is 0.183 e. The Kier molecular flexibility index (Phi) is 1.48. The monoisotopic (exact) mass is 151 g/mol. The molecule has 1 fully saturated rings. The fourth-order valence-corrected chi connectivity index (χ4v) is 2.23. The summed E-state index contributed by atoms with van der Waals surface area (Å²) in [5.74, 6) is 2.20. The predicted octanol–water partition coefficient (Wildman–Crippen LogP) is 1.82. The van der Waals surface area contributed by atoms with Crippen molar-refractivity contribution >= 4 is 5.90 Å². The summed E-state index contributed by atoms with van der Waals surface area (Å²) in [6, 6.07) is 0. The van der Waals surface area contributed by atoms with Gasteiger partial charge in [0.2, 0.25) is 0 Å². The third kappa shape index (κ3) is 0.971. The molecular formula is C9H13NO. The third-order valence-electron chi connectivity index (χ3n) is 2.84. The Bertz CT molecular complexity index is 210. The van der Waals surface area contributed by atoms with Crippen LogP contribution in [0.15, 0.2) is 12.2 Å². The Morgan fingerprint density at radius 1 is 1.45 bits per heavy atom. The van der Waals surface area contributed by atoms with Gasteiger partial charge >= 0.3 is 0 Å². The molecule has 2 aliphatic rings. The molecule has 0 saturated heterocycles. The second-order valence-electron chi connectivity index (χ2n) is 3.46. The Hall–Kier alpha value is -0.790. The summed E-state index contributed by atoms with van der Waals surface area (Å²) >= 11 is 0. The molecule has 60 valence electrons. The zero-order valence-electron chi connectivity index (χ0n) is 6.71. The molecule has 0 amide bonds. The Balaban J connectivity index is 2.08. The van der Waals surface area contributed by atoms with Crippen molar-refractivity contribution in [2.45, 2.75) is 12.8 Å². The molecule has 0 aromatic rings. The maximum absolute atomic E-state index is 7.53. The summed E-state index contributed by atoms with van der Waals surface area (Å²) in [4.78, 5) is 0. The van der Waals surface area contributed by atoms with E-state index in [1.54, 1.807) is 7.11 Å². The molecule has 1 saturated carbocycles. The van der Waals surface area contributed by atoms with Crippen LogP contribution in [0.3, 0.4) is 0 Å². The van der Waals surface area contributed by atoms with E-state index in [1.165, 1.54) is 6.42 Å². The van der Waals surface area contributed by atoms with Gasteiger partial charge in [0, 0.05) is 5.92 Å². The van der Waals surface area contributed by atoms with Crippen LogP contribution in [-0.2, 0) is 4.74 Å². The van der Waals surface area contributed by atoms with Gasteiger partial charge < -0.3 is 4.74 Å². The highest BCUT2D eigenvalue weighted by Crippen LogP contribution is 2.43. The molecular weight excluding hydrogens is 138 g/mol. The number of rotatable bonds is 1. The van der Waals surface area contributed by atoms with Crippen LogP contribution in [0.25, 0.3) is 0 Å². The molecule has 1 unspecified atom stereocenters. The molecule has 2 nitrogen and oxygen atoms in total. The van der Waals surface area contributed by atoms with E-state index in [4.69, 9.17) is 10.1 Å². The second kappa shape index (κ2) is 2.36. The van der Waals surface area contributed by atoms with E-state index < -0.39 is 0 Å². The van der Waals surface area contributed by atoms with Crippen LogP contribution in [0.5, 0.6) is 0 Å². The number of nitrogens with one attached hydrogen (secondary N) is 1. The SMILES string of the molecule is COC(=N)C1C[C@H]2C=C[C@@H]1C2. The van der Waals surface area contributed by atoms with Gasteiger partial charge in [0.25, 0.3) is 0 Å². The number of hydrogen-bond donors (Lipinski definition) is 1. The highest BCUT2D eigenvalue weighted by atomic mass is 16.5. The fraction of sp³-hybridized carbons (Fsp3) is 0.667. The topological polar surface area (TPSA) is 33.1 Å². The van der Waals surface area contributed by atoms with Crippen LogP contribution in [0.2, 0.25) is 0 Å². The zero-order chi connectivity index (χ0) is 7.84. The van der Waals surface area contributed by atoms with Crippen molar-refractivity contribution in [3.63, 3.8) is 0 Å². The average Bonchev–Trinajstić information content (AvgIpc) is 2.62. The highest BCUT2D eigenvalue weighted by molar-refractivity contribution is 5.76. The molecule has 0 radical (unpaired) electrons. The normalized spacial score (nSPS) is 39.5. The molecule has 2 aliphatic carbocycles. The van der Waals surface area contributed by atoms with Crippen LogP contribution in [0, 0.1) is 23.2 Å². The van der Waals surface area contributed by atoms with Gasteiger partial charge in [-0.05, 0) is 24.7 Å². The van der Waals surface area contributed by atoms with Gasteiger partial charge in [-0.25, -0.2) is 0 Å². The van der Waals surface area contributed by atoms with Crippen LogP contribution < -0.4 is 0 Å². The van der Waals surface area contributed by atoms with Gasteiger partial charge in [-0.1, -0.05) is 12.2 Å². The van der Waals surface area contributed by atoms with Crippen molar-refractivity contribution in [3.8, 4) is 0 Å². The molecule has 11 heavy (non-hydrogen) atoms. The first kappa shape index (κ1) is 6.89. The molecule has 3 atom stereocenters. The number of methoxy groups -OCH3 is 1. The highest BCUT2D eigenvalue weighted by Gasteiger charge is 2.38. The predicted molar refractivity (Wildman–Crippen MR) is 43.6 cm³/mol. The molecule has 0 heterocycles. The van der Waals surface area contributed by atoms with E-state index in [9.17, 15) is 0 Å². The first-order valence-corrected chi connectivity index (χ1v) is 4.12. The Morgan fingerprint density at radius 3 is 2.73 bits per heavy atom. The van der Waals surface area contributed by atoms with Crippen molar-refractivity contribution in [2.75, 3.05) is 7.11 Å². The summed E-state index contributed by atoms with van der Waals surface area (Å²) in [7, 11) is 1.60. The van der Waals surface area contributed by atoms with Crippen LogP contribution in [0.4, 0.5) is 0 Å². The molecule has 0 aliphatic heterocycles. The fourth-order valence-electron chi connectivity index (χ4n) is 2.23. The van der Waals surface area contributed by atoms with Gasteiger partial charge in [-0.3, -0.25) is 5.41 Å². The molecule has 2 bridgehead atoms. The lowest BCUT2D eigenvalue weighted by atomic mass is 9.93. The second-order valence-corrected chi connectivity index (χ2v) is 3.46. The number of fused-ring (bicyclic) bond motifs is 2. The lowest BCUT2D eigenvalue weighted by molar-refractivity contribution is 0.346. The van der Waals surface area contributed by atoms with Gasteiger partial charge in [0.05, 0.1) is 7.11 Å². The minimum Gasteiger partial charge on any atom is -0.484 e. The Labute approximate surface area is 66.8 Å². The van der Waals surface area contributed by atoms with Crippen molar-refractivity contribution in [1.29, 1.82) is 5.41 Å². The maximum Gasteiger partial charge on any atom is 0.183 e. The molecule has 1 N–H and O–H groups in total. The van der Waals surface area contributed by atoms with Crippen molar-refractivity contribution in [2.24, 2.45) is 17.8 Å². The van der Waals surface area contributed by atoms with Crippen LogP contribution in [0.1, 0.15) is 12.8 Å². The molecule has 2 heteroatoms. The lowest BCUT2D eigenvalue weighted by Crippen LogP contribution is -2.19. The largest absolute Gasteiger partial charge is 0.484 e. The van der Waals surface area contributed by atoms with Crippen LogP contribution >= 0.6 is 0 Å². The van der Waals surface area contributed by atoms with Gasteiger partial charge in [-0.2, -0.15) is 0 Å². The van der Waals surface area contributed by atoms with E-state index in [0.29, 0.717) is 17.7 Å². The van der Waals surface area contributed by atoms with Crippen molar-refractivity contribution < 1.29 is 4.74 Å². The van der Waals surface area contributed by atoms with Gasteiger partial charge in [-0.15, -0.1) is 0 Å². The maximum atomic E-state index is 7.53. The van der Waals surface area contributed by atoms with Crippen molar-refractivity contribution in [1.82, 2.24) is 0 Å². The zero-order valence-corrected chi connectivity index (χ0v) is 6.71. The third-order valence-corrected chi connectivity index (χ3v) is 2.84. The molecule has 0 spiro atoms. The van der Waals surface area contributed by atoms with Crippen LogP contribution in [-0.4, -0.2) is 13.0 Å². The average molecular weight is 151 g/mol. The van der Waals surface area contributed by atoms with E-state index >= 15 is 0 Å². The quantitative estimate of drug-likeness (QED) is 0.346. The summed E-state index contributed by atoms with van der Waals surface area (Å²) < 4.78 is 4.94. The first-order chi connectivity index (χ1) is 5.31. The molecule has 0 aromatic carbocycles. The number of hydrogen-bond acceptors (Lipinski definition) is 2. The molecule has 2 rings (SSSR count). The lowest BCUT2D eigenvalue weighted by Gasteiger charge is -2.17. The Morgan fingerprint density at radius 2 is 2.27 bits per heavy atom. The minimum absolute atomic E-state index is 0.384. The van der Waals surface area contributed by atoms with Gasteiger partial charge in [0.15, 0.2) is 5.90 Å². The summed E-state index contributed by atoms with van der Waals surface area (Å²) in [5.41, 5.74) is 0. The standard InChI is InChI=1S/C9H13NO/c1-11-9(10)8-5-6-2-3-7(8)4-6/h2-3,6-8,10H,4-5H2,1H3/t6-,7+,8?/m0/s1. The number of allylic oxidation sites excluding steroid dienone is 2. The van der Waals surface area contributed by atoms with Gasteiger partial charge in [0.1, 0.15) is 0 Å². The molecule has 0 aromatic heterocycles. The van der Waals surface area contributed by atoms with Crippen molar-refractivity contribution in [3.05, 3.63) is 12.2 Å². The van der Waals surface area contributed by atoms with E-state index in [2.05, 4.69) is 12.2 Å².